The lowest BCUT2D eigenvalue weighted by molar-refractivity contribution is -0.123. The highest BCUT2D eigenvalue weighted by atomic mass is 79.9. The molecule has 2 aromatic rings. The van der Waals surface area contributed by atoms with Crippen molar-refractivity contribution in [1.29, 1.82) is 0 Å². The lowest BCUT2D eigenvalue weighted by Crippen LogP contribution is -2.41. The highest BCUT2D eigenvalue weighted by molar-refractivity contribution is 9.10. The number of piperidine rings is 1. The summed E-state index contributed by atoms with van der Waals surface area (Å²) in [6.45, 7) is 3.00. The van der Waals surface area contributed by atoms with Gasteiger partial charge in [0.25, 0.3) is 5.91 Å². The number of primary amides is 1. The summed E-state index contributed by atoms with van der Waals surface area (Å²) in [5.74, 6) is -0.406. The molecular weight excluding hydrogens is 358 g/mol. The molecule has 0 spiro atoms. The lowest BCUT2D eigenvalue weighted by Gasteiger charge is -2.31. The quantitative estimate of drug-likeness (QED) is 0.876. The zero-order chi connectivity index (χ0) is 16.6. The van der Waals surface area contributed by atoms with Gasteiger partial charge < -0.3 is 10.6 Å². The number of benzene rings is 1. The number of aryl methyl sites for hydroxylation is 1. The Labute approximate surface area is 143 Å². The summed E-state index contributed by atoms with van der Waals surface area (Å²) in [7, 11) is 0. The van der Waals surface area contributed by atoms with E-state index in [0.29, 0.717) is 31.5 Å². The van der Waals surface area contributed by atoms with Gasteiger partial charge in [-0.1, -0.05) is 15.9 Å². The Hall–Kier alpha value is -1.95. The summed E-state index contributed by atoms with van der Waals surface area (Å²) in [5, 5.41) is 0.840. The molecule has 2 amide bonds. The molecule has 5 nitrogen and oxygen atoms in total. The number of fused-ring (bicyclic) bond motifs is 1. The van der Waals surface area contributed by atoms with Crippen molar-refractivity contribution in [2.75, 3.05) is 13.1 Å². The van der Waals surface area contributed by atoms with Crippen molar-refractivity contribution in [3.05, 3.63) is 40.0 Å². The normalized spacial score (nSPS) is 15.8. The summed E-state index contributed by atoms with van der Waals surface area (Å²) >= 11 is 3.45. The van der Waals surface area contributed by atoms with Gasteiger partial charge in [0.2, 0.25) is 5.91 Å². The predicted molar refractivity (Wildman–Crippen MR) is 92.0 cm³/mol. The standard InChI is InChI=1S/C17H18BrN3O2/c1-10-8-14(13-9-12(18)2-3-15(13)20-10)17(23)21-6-4-11(5-7-21)16(19)22/h2-3,8-9,11H,4-7H2,1H3,(H2,19,22). The van der Waals surface area contributed by atoms with E-state index in [1.54, 1.807) is 4.90 Å². The van der Waals surface area contributed by atoms with Crippen LogP contribution in [-0.2, 0) is 4.79 Å². The van der Waals surface area contributed by atoms with Crippen molar-refractivity contribution < 1.29 is 9.59 Å². The molecule has 120 valence electrons. The molecule has 1 saturated heterocycles. The molecule has 0 saturated carbocycles. The molecular formula is C17H18BrN3O2. The fourth-order valence-electron chi connectivity index (χ4n) is 3.04. The molecule has 23 heavy (non-hydrogen) atoms. The van der Waals surface area contributed by atoms with Crippen LogP contribution in [0.4, 0.5) is 0 Å². The number of carbonyl (C=O) groups excluding carboxylic acids is 2. The molecule has 1 aliphatic rings. The van der Waals surface area contributed by atoms with E-state index in [9.17, 15) is 9.59 Å². The first-order chi connectivity index (χ1) is 11.0. The summed E-state index contributed by atoms with van der Waals surface area (Å²) in [4.78, 5) is 30.5. The zero-order valence-corrected chi connectivity index (χ0v) is 14.5. The zero-order valence-electron chi connectivity index (χ0n) is 12.9. The molecule has 1 fully saturated rings. The van der Waals surface area contributed by atoms with Gasteiger partial charge in [-0.3, -0.25) is 14.6 Å². The van der Waals surface area contributed by atoms with Gasteiger partial charge in [0.05, 0.1) is 11.1 Å². The van der Waals surface area contributed by atoms with Gasteiger partial charge in [0.15, 0.2) is 0 Å². The molecule has 6 heteroatoms. The van der Waals surface area contributed by atoms with Crippen LogP contribution < -0.4 is 5.73 Å². The average molecular weight is 376 g/mol. The monoisotopic (exact) mass is 375 g/mol. The summed E-state index contributed by atoms with van der Waals surface area (Å²) in [5.41, 5.74) is 7.64. The number of amides is 2. The van der Waals surface area contributed by atoms with E-state index in [1.165, 1.54) is 0 Å². The molecule has 1 aromatic carbocycles. The fourth-order valence-corrected chi connectivity index (χ4v) is 3.41. The van der Waals surface area contributed by atoms with Gasteiger partial charge >= 0.3 is 0 Å². The number of hydrogen-bond donors (Lipinski definition) is 1. The molecule has 2 heterocycles. The van der Waals surface area contributed by atoms with Crippen molar-refractivity contribution in [2.45, 2.75) is 19.8 Å². The Morgan fingerprint density at radius 1 is 1.26 bits per heavy atom. The van der Waals surface area contributed by atoms with E-state index in [4.69, 9.17) is 5.73 Å². The SMILES string of the molecule is Cc1cc(C(=O)N2CCC(C(N)=O)CC2)c2cc(Br)ccc2n1. The smallest absolute Gasteiger partial charge is 0.254 e. The van der Waals surface area contributed by atoms with Crippen LogP contribution in [0, 0.1) is 12.8 Å². The third-order valence-electron chi connectivity index (χ3n) is 4.31. The maximum Gasteiger partial charge on any atom is 0.254 e. The van der Waals surface area contributed by atoms with Gasteiger partial charge in [-0.05, 0) is 44.0 Å². The van der Waals surface area contributed by atoms with E-state index < -0.39 is 0 Å². The Kier molecular flexibility index (Phi) is 4.35. The average Bonchev–Trinajstić information content (AvgIpc) is 2.54. The number of nitrogens with two attached hydrogens (primary N) is 1. The molecule has 1 aromatic heterocycles. The number of hydrogen-bond acceptors (Lipinski definition) is 3. The van der Waals surface area contributed by atoms with Crippen molar-refractivity contribution in [1.82, 2.24) is 9.88 Å². The van der Waals surface area contributed by atoms with Crippen LogP contribution in [0.5, 0.6) is 0 Å². The van der Waals surface area contributed by atoms with Gasteiger partial charge in [0, 0.05) is 34.6 Å². The third-order valence-corrected chi connectivity index (χ3v) is 4.81. The van der Waals surface area contributed by atoms with Crippen LogP contribution in [-0.4, -0.2) is 34.8 Å². The van der Waals surface area contributed by atoms with E-state index in [-0.39, 0.29) is 17.7 Å². The van der Waals surface area contributed by atoms with Crippen LogP contribution in [0.2, 0.25) is 0 Å². The summed E-state index contributed by atoms with van der Waals surface area (Å²) in [6, 6.07) is 7.58. The van der Waals surface area contributed by atoms with Gasteiger partial charge in [0.1, 0.15) is 0 Å². The number of rotatable bonds is 2. The number of pyridine rings is 1. The van der Waals surface area contributed by atoms with Crippen LogP contribution >= 0.6 is 15.9 Å². The van der Waals surface area contributed by atoms with Crippen LogP contribution in [0.15, 0.2) is 28.7 Å². The van der Waals surface area contributed by atoms with Crippen LogP contribution in [0.25, 0.3) is 10.9 Å². The third kappa shape index (κ3) is 3.22. The Balaban J connectivity index is 1.92. The maximum atomic E-state index is 12.9. The second-order valence-corrected chi connectivity index (χ2v) is 6.86. The van der Waals surface area contributed by atoms with E-state index in [0.717, 1.165) is 21.1 Å². The minimum absolute atomic E-state index is 0.0125. The van der Waals surface area contributed by atoms with Crippen LogP contribution in [0.1, 0.15) is 28.9 Å². The predicted octanol–water partition coefficient (Wildman–Crippen LogP) is 2.64. The van der Waals surface area contributed by atoms with Gasteiger partial charge in [-0.25, -0.2) is 0 Å². The molecule has 0 bridgehead atoms. The van der Waals surface area contributed by atoms with Crippen LogP contribution in [0.3, 0.4) is 0 Å². The maximum absolute atomic E-state index is 12.9. The van der Waals surface area contributed by atoms with E-state index in [2.05, 4.69) is 20.9 Å². The van der Waals surface area contributed by atoms with Crippen molar-refractivity contribution >= 4 is 38.6 Å². The molecule has 0 aliphatic carbocycles. The van der Waals surface area contributed by atoms with E-state index >= 15 is 0 Å². The first-order valence-corrected chi connectivity index (χ1v) is 8.40. The van der Waals surface area contributed by atoms with E-state index in [1.807, 2.05) is 31.2 Å². The summed E-state index contributed by atoms with van der Waals surface area (Å²) in [6.07, 6.45) is 1.26. The Morgan fingerprint density at radius 2 is 1.96 bits per heavy atom. The highest BCUT2D eigenvalue weighted by Crippen LogP contribution is 2.25. The minimum atomic E-state index is -0.272. The molecule has 2 N–H and O–H groups in total. The molecule has 0 unspecified atom stereocenters. The minimum Gasteiger partial charge on any atom is -0.369 e. The molecule has 1 aliphatic heterocycles. The van der Waals surface area contributed by atoms with Crippen molar-refractivity contribution in [2.24, 2.45) is 11.7 Å². The number of halogens is 1. The number of aromatic nitrogens is 1. The first kappa shape index (κ1) is 15.9. The second-order valence-electron chi connectivity index (χ2n) is 5.94. The van der Waals surface area contributed by atoms with Crippen molar-refractivity contribution in [3.8, 4) is 0 Å². The number of nitrogens with zero attached hydrogens (tertiary/aromatic N) is 2. The first-order valence-electron chi connectivity index (χ1n) is 7.61. The Bertz CT molecular complexity index is 783. The molecule has 0 atom stereocenters. The molecule has 0 radical (unpaired) electrons. The summed E-state index contributed by atoms with van der Waals surface area (Å²) < 4.78 is 0.914. The number of carbonyl (C=O) groups is 2. The molecule has 3 rings (SSSR count). The largest absolute Gasteiger partial charge is 0.369 e. The highest BCUT2D eigenvalue weighted by Gasteiger charge is 2.27. The fraction of sp³-hybridized carbons (Fsp3) is 0.353. The second kappa shape index (κ2) is 6.28. The number of likely N-dealkylation sites (tertiary alicyclic amines) is 1. The Morgan fingerprint density at radius 3 is 2.61 bits per heavy atom. The topological polar surface area (TPSA) is 76.3 Å². The lowest BCUT2D eigenvalue weighted by atomic mass is 9.95. The van der Waals surface area contributed by atoms with Crippen molar-refractivity contribution in [3.63, 3.8) is 0 Å². The van der Waals surface area contributed by atoms with Gasteiger partial charge in [-0.15, -0.1) is 0 Å². The van der Waals surface area contributed by atoms with Gasteiger partial charge in [-0.2, -0.15) is 0 Å².